The predicted octanol–water partition coefficient (Wildman–Crippen LogP) is 2.46. The molecule has 0 spiro atoms. The van der Waals surface area contributed by atoms with E-state index in [0.717, 1.165) is 0 Å². The summed E-state index contributed by atoms with van der Waals surface area (Å²) in [7, 11) is 0. The third-order valence-corrected chi connectivity index (χ3v) is 2.10. The van der Waals surface area contributed by atoms with Gasteiger partial charge in [-0.15, -0.1) is 0 Å². The molecule has 0 fully saturated rings. The first kappa shape index (κ1) is 10.4. The van der Waals surface area contributed by atoms with Crippen LogP contribution in [-0.4, -0.2) is 5.78 Å². The summed E-state index contributed by atoms with van der Waals surface area (Å²) in [6, 6.07) is 4.83. The van der Waals surface area contributed by atoms with Gasteiger partial charge in [-0.2, -0.15) is 5.26 Å². The molecule has 2 nitrogen and oxygen atoms in total. The zero-order valence-corrected chi connectivity index (χ0v) is 8.10. The largest absolute Gasteiger partial charge is 0.294 e. The van der Waals surface area contributed by atoms with Gasteiger partial charge in [-0.3, -0.25) is 4.79 Å². The monoisotopic (exact) mass is 191 g/mol. The average molecular weight is 191 g/mol. The zero-order chi connectivity index (χ0) is 10.7. The number of hydrogen-bond donors (Lipinski definition) is 0. The fraction of sp³-hybridized carbons (Fsp3) is 0.273. The average Bonchev–Trinajstić information content (AvgIpc) is 2.16. The molecule has 0 N–H and O–H groups in total. The van der Waals surface area contributed by atoms with E-state index >= 15 is 0 Å². The highest BCUT2D eigenvalue weighted by atomic mass is 19.1. The maximum absolute atomic E-state index is 13.5. The Labute approximate surface area is 82.0 Å². The van der Waals surface area contributed by atoms with Crippen molar-refractivity contribution in [3.8, 4) is 6.07 Å². The first-order valence-corrected chi connectivity index (χ1v) is 4.34. The van der Waals surface area contributed by atoms with Crippen molar-refractivity contribution >= 4 is 5.78 Å². The molecule has 0 aliphatic rings. The van der Waals surface area contributed by atoms with Gasteiger partial charge < -0.3 is 0 Å². The van der Waals surface area contributed by atoms with Gasteiger partial charge in [0.15, 0.2) is 11.6 Å². The minimum Gasteiger partial charge on any atom is -0.294 e. The van der Waals surface area contributed by atoms with Gasteiger partial charge in [0.2, 0.25) is 0 Å². The fourth-order valence-electron chi connectivity index (χ4n) is 1.30. The van der Waals surface area contributed by atoms with E-state index in [1.807, 2.05) is 6.92 Å². The minimum atomic E-state index is -0.695. The summed E-state index contributed by atoms with van der Waals surface area (Å²) in [5.41, 5.74) is 0.606. The second-order valence-corrected chi connectivity index (χ2v) is 2.98. The van der Waals surface area contributed by atoms with Crippen LogP contribution in [0, 0.1) is 17.1 Å². The van der Waals surface area contributed by atoms with Crippen LogP contribution in [0.5, 0.6) is 0 Å². The van der Waals surface area contributed by atoms with Crippen LogP contribution >= 0.6 is 0 Å². The molecule has 0 bridgehead atoms. The SMILES string of the molecule is CCc1ccc(C(C)=O)c(F)c1C#N. The number of carbonyl (C=O) groups is 1. The highest BCUT2D eigenvalue weighted by molar-refractivity contribution is 5.94. The summed E-state index contributed by atoms with van der Waals surface area (Å²) in [5, 5.41) is 8.74. The summed E-state index contributed by atoms with van der Waals surface area (Å²) in [4.78, 5) is 11.0. The maximum Gasteiger partial charge on any atom is 0.162 e. The molecular formula is C11H10FNO. The molecule has 0 unspecified atom stereocenters. The van der Waals surface area contributed by atoms with Crippen LogP contribution in [-0.2, 0) is 6.42 Å². The molecule has 0 aliphatic carbocycles. The van der Waals surface area contributed by atoms with E-state index in [4.69, 9.17) is 5.26 Å². The third kappa shape index (κ3) is 1.64. The van der Waals surface area contributed by atoms with Crippen molar-refractivity contribution in [1.82, 2.24) is 0 Å². The number of ketones is 1. The Kier molecular flexibility index (Phi) is 2.98. The van der Waals surface area contributed by atoms with Crippen molar-refractivity contribution in [3.05, 3.63) is 34.6 Å². The minimum absolute atomic E-state index is 0.0137. The quantitative estimate of drug-likeness (QED) is 0.674. The zero-order valence-electron chi connectivity index (χ0n) is 8.10. The van der Waals surface area contributed by atoms with E-state index in [-0.39, 0.29) is 16.9 Å². The van der Waals surface area contributed by atoms with Crippen LogP contribution in [0.2, 0.25) is 0 Å². The van der Waals surface area contributed by atoms with Crippen molar-refractivity contribution in [2.75, 3.05) is 0 Å². The Balaban J connectivity index is 3.44. The standard InChI is InChI=1S/C11H10FNO/c1-3-8-4-5-9(7(2)14)11(12)10(8)6-13/h4-5H,3H2,1-2H3. The number of nitriles is 1. The molecule has 0 amide bonds. The highest BCUT2D eigenvalue weighted by Gasteiger charge is 2.14. The second-order valence-electron chi connectivity index (χ2n) is 2.98. The number of nitrogens with zero attached hydrogens (tertiary/aromatic N) is 1. The van der Waals surface area contributed by atoms with Crippen molar-refractivity contribution in [1.29, 1.82) is 5.26 Å². The van der Waals surface area contributed by atoms with Gasteiger partial charge in [0.1, 0.15) is 6.07 Å². The molecule has 1 rings (SSSR count). The number of carbonyl (C=O) groups excluding carboxylic acids is 1. The van der Waals surface area contributed by atoms with Crippen molar-refractivity contribution in [2.24, 2.45) is 0 Å². The lowest BCUT2D eigenvalue weighted by atomic mass is 10.0. The third-order valence-electron chi connectivity index (χ3n) is 2.10. The van der Waals surface area contributed by atoms with Crippen molar-refractivity contribution in [3.63, 3.8) is 0 Å². The Morgan fingerprint density at radius 3 is 2.64 bits per heavy atom. The molecule has 0 radical (unpaired) electrons. The molecule has 3 heteroatoms. The molecule has 0 heterocycles. The molecule has 1 aromatic rings. The van der Waals surface area contributed by atoms with Gasteiger partial charge >= 0.3 is 0 Å². The Hall–Kier alpha value is -1.69. The van der Waals surface area contributed by atoms with Crippen molar-refractivity contribution in [2.45, 2.75) is 20.3 Å². The van der Waals surface area contributed by atoms with E-state index in [0.29, 0.717) is 12.0 Å². The molecular weight excluding hydrogens is 181 g/mol. The Morgan fingerprint density at radius 1 is 1.57 bits per heavy atom. The summed E-state index contributed by atoms with van der Waals surface area (Å²) < 4.78 is 13.5. The summed E-state index contributed by atoms with van der Waals surface area (Å²) in [6.07, 6.45) is 0.581. The molecule has 1 aromatic carbocycles. The molecule has 0 saturated carbocycles. The Bertz CT molecular complexity index is 418. The van der Waals surface area contributed by atoms with E-state index in [1.165, 1.54) is 13.0 Å². The van der Waals surface area contributed by atoms with Crippen LogP contribution in [0.4, 0.5) is 4.39 Å². The van der Waals surface area contributed by atoms with E-state index in [2.05, 4.69) is 0 Å². The highest BCUT2D eigenvalue weighted by Crippen LogP contribution is 2.18. The fourth-order valence-corrected chi connectivity index (χ4v) is 1.30. The van der Waals surface area contributed by atoms with Gasteiger partial charge in [-0.25, -0.2) is 4.39 Å². The second kappa shape index (κ2) is 4.01. The first-order chi connectivity index (χ1) is 6.61. The van der Waals surface area contributed by atoms with Gasteiger partial charge in [0.25, 0.3) is 0 Å². The number of aryl methyl sites for hydroxylation is 1. The van der Waals surface area contributed by atoms with Crippen LogP contribution in [0.3, 0.4) is 0 Å². The summed E-state index contributed by atoms with van der Waals surface area (Å²) in [5.74, 6) is -1.05. The molecule has 0 aromatic heterocycles. The molecule has 0 atom stereocenters. The van der Waals surface area contributed by atoms with Crippen LogP contribution in [0.15, 0.2) is 12.1 Å². The predicted molar refractivity (Wildman–Crippen MR) is 50.5 cm³/mol. The van der Waals surface area contributed by atoms with E-state index < -0.39 is 5.82 Å². The molecule has 72 valence electrons. The molecule has 14 heavy (non-hydrogen) atoms. The number of halogens is 1. The maximum atomic E-state index is 13.5. The normalized spacial score (nSPS) is 9.57. The van der Waals surface area contributed by atoms with Gasteiger partial charge in [0, 0.05) is 0 Å². The lowest BCUT2D eigenvalue weighted by Crippen LogP contribution is -2.02. The van der Waals surface area contributed by atoms with Gasteiger partial charge in [-0.05, 0) is 25.0 Å². The summed E-state index contributed by atoms with van der Waals surface area (Å²) >= 11 is 0. The molecule has 0 saturated heterocycles. The number of benzene rings is 1. The van der Waals surface area contributed by atoms with E-state index in [9.17, 15) is 9.18 Å². The first-order valence-electron chi connectivity index (χ1n) is 4.34. The van der Waals surface area contributed by atoms with Crippen LogP contribution in [0.25, 0.3) is 0 Å². The lowest BCUT2D eigenvalue weighted by molar-refractivity contribution is 0.101. The van der Waals surface area contributed by atoms with Gasteiger partial charge in [0.05, 0.1) is 11.1 Å². The topological polar surface area (TPSA) is 40.9 Å². The number of rotatable bonds is 2. The van der Waals surface area contributed by atoms with Crippen molar-refractivity contribution < 1.29 is 9.18 Å². The summed E-state index contributed by atoms with van der Waals surface area (Å²) in [6.45, 7) is 3.12. The van der Waals surface area contributed by atoms with Crippen LogP contribution in [0.1, 0.15) is 35.3 Å². The number of Topliss-reactive ketones (excluding diaryl/α,β-unsaturated/α-hetero) is 1. The Morgan fingerprint density at radius 2 is 2.21 bits per heavy atom. The lowest BCUT2D eigenvalue weighted by Gasteiger charge is -2.04. The van der Waals surface area contributed by atoms with Gasteiger partial charge in [-0.1, -0.05) is 13.0 Å². The van der Waals surface area contributed by atoms with Crippen LogP contribution < -0.4 is 0 Å². The molecule has 0 aliphatic heterocycles. The van der Waals surface area contributed by atoms with E-state index in [1.54, 1.807) is 12.1 Å². The smallest absolute Gasteiger partial charge is 0.162 e. The number of hydrogen-bond acceptors (Lipinski definition) is 2.